The molecule has 0 radical (unpaired) electrons. The second-order valence-electron chi connectivity index (χ2n) is 2.70. The molecule has 1 rings (SSSR count). The summed E-state index contributed by atoms with van der Waals surface area (Å²) in [5.41, 5.74) is 0. The van der Waals surface area contributed by atoms with E-state index < -0.39 is 10.0 Å². The molecule has 1 N–H and O–H groups in total. The molecule has 1 aromatic rings. The molecule has 3 nitrogen and oxygen atoms in total. The van der Waals surface area contributed by atoms with Crippen LogP contribution < -0.4 is 4.72 Å². The van der Waals surface area contributed by atoms with E-state index in [2.05, 4.69) is 27.2 Å². The van der Waals surface area contributed by atoms with Crippen LogP contribution in [0.2, 0.25) is 0 Å². The topological polar surface area (TPSA) is 46.2 Å². The zero-order chi connectivity index (χ0) is 10.8. The summed E-state index contributed by atoms with van der Waals surface area (Å²) in [6.07, 6.45) is 1.54. The number of rotatable bonds is 4. The Kier molecular flexibility index (Phi) is 3.88. The molecule has 14 heavy (non-hydrogen) atoms. The van der Waals surface area contributed by atoms with E-state index in [1.165, 1.54) is 11.3 Å². The van der Waals surface area contributed by atoms with Crippen molar-refractivity contribution in [1.29, 1.82) is 0 Å². The van der Waals surface area contributed by atoms with Gasteiger partial charge in [0.2, 0.25) is 0 Å². The molecule has 1 heterocycles. The van der Waals surface area contributed by atoms with Gasteiger partial charge in [-0.2, -0.15) is 0 Å². The summed E-state index contributed by atoms with van der Waals surface area (Å²) in [5, 5.41) is 1.72. The van der Waals surface area contributed by atoms with Crippen LogP contribution in [-0.2, 0) is 10.0 Å². The smallest absolute Gasteiger partial charge is 0.206 e. The Bertz CT molecular complexity index is 424. The lowest BCUT2D eigenvalue weighted by Gasteiger charge is -2.08. The second kappa shape index (κ2) is 4.57. The number of hydrogen-bond acceptors (Lipinski definition) is 3. The summed E-state index contributed by atoms with van der Waals surface area (Å²) in [6, 6.07) is 1.44. The molecule has 0 fully saturated rings. The molecule has 0 aromatic carbocycles. The first-order valence-electron chi connectivity index (χ1n) is 3.85. The second-order valence-corrected chi connectivity index (χ2v) is 6.38. The number of hydrogen-bond donors (Lipinski definition) is 1. The molecule has 0 aliphatic rings. The molecule has 78 valence electrons. The van der Waals surface area contributed by atoms with Crippen LogP contribution in [-0.4, -0.2) is 14.5 Å². The van der Waals surface area contributed by atoms with Gasteiger partial charge in [-0.1, -0.05) is 6.08 Å². The van der Waals surface area contributed by atoms with E-state index in [0.29, 0.717) is 8.68 Å². The van der Waals surface area contributed by atoms with Gasteiger partial charge in [-0.3, -0.25) is 0 Å². The van der Waals surface area contributed by atoms with Crippen molar-refractivity contribution in [3.63, 3.8) is 0 Å². The van der Waals surface area contributed by atoms with Crippen LogP contribution in [0.3, 0.4) is 0 Å². The fourth-order valence-corrected chi connectivity index (χ4v) is 4.39. The van der Waals surface area contributed by atoms with E-state index in [0.717, 1.165) is 0 Å². The summed E-state index contributed by atoms with van der Waals surface area (Å²) in [5.74, 6) is 0. The van der Waals surface area contributed by atoms with E-state index in [1.54, 1.807) is 24.4 Å². The Morgan fingerprint density at radius 2 is 2.36 bits per heavy atom. The highest BCUT2D eigenvalue weighted by atomic mass is 79.9. The first kappa shape index (κ1) is 11.9. The van der Waals surface area contributed by atoms with Gasteiger partial charge >= 0.3 is 0 Å². The first-order valence-corrected chi connectivity index (χ1v) is 7.01. The van der Waals surface area contributed by atoms with E-state index in [-0.39, 0.29) is 6.04 Å². The van der Waals surface area contributed by atoms with Gasteiger partial charge in [-0.05, 0) is 34.3 Å². The van der Waals surface area contributed by atoms with Gasteiger partial charge in [0, 0.05) is 10.5 Å². The molecule has 0 bridgehead atoms. The molecule has 0 saturated heterocycles. The van der Waals surface area contributed by atoms with Gasteiger partial charge in [0.05, 0.1) is 0 Å². The zero-order valence-electron chi connectivity index (χ0n) is 7.53. The van der Waals surface area contributed by atoms with Gasteiger partial charge in [0.1, 0.15) is 4.21 Å². The standard InChI is InChI=1S/C8H10BrNO2S2/c1-3-6(2)10-14(11,12)8-7(9)4-5-13-8/h3-6,10H,1H2,2H3. The van der Waals surface area contributed by atoms with Gasteiger partial charge in [-0.25, -0.2) is 13.1 Å². The number of thiophene rings is 1. The van der Waals surface area contributed by atoms with E-state index in [9.17, 15) is 8.42 Å². The molecular weight excluding hydrogens is 286 g/mol. The minimum absolute atomic E-state index is 0.269. The molecular formula is C8H10BrNO2S2. The number of halogens is 1. The molecule has 6 heteroatoms. The monoisotopic (exact) mass is 295 g/mol. The third-order valence-corrected chi connectivity index (χ3v) is 5.75. The van der Waals surface area contributed by atoms with Crippen LogP contribution in [0.5, 0.6) is 0 Å². The van der Waals surface area contributed by atoms with Crippen molar-refractivity contribution in [2.75, 3.05) is 0 Å². The maximum absolute atomic E-state index is 11.7. The van der Waals surface area contributed by atoms with Crippen molar-refractivity contribution in [1.82, 2.24) is 4.72 Å². The summed E-state index contributed by atoms with van der Waals surface area (Å²) < 4.78 is 26.8. The largest absolute Gasteiger partial charge is 0.251 e. The van der Waals surface area contributed by atoms with Gasteiger partial charge < -0.3 is 0 Å². The highest BCUT2D eigenvalue weighted by molar-refractivity contribution is 9.10. The van der Waals surface area contributed by atoms with Crippen molar-refractivity contribution in [2.24, 2.45) is 0 Å². The average Bonchev–Trinajstić information content (AvgIpc) is 2.51. The molecule has 1 aromatic heterocycles. The van der Waals surface area contributed by atoms with E-state index >= 15 is 0 Å². The summed E-state index contributed by atoms with van der Waals surface area (Å²) in [6.45, 7) is 5.24. The van der Waals surface area contributed by atoms with Crippen molar-refractivity contribution in [3.8, 4) is 0 Å². The third kappa shape index (κ3) is 2.66. The Morgan fingerprint density at radius 1 is 1.71 bits per heavy atom. The fourth-order valence-electron chi connectivity index (χ4n) is 0.818. The van der Waals surface area contributed by atoms with Crippen molar-refractivity contribution < 1.29 is 8.42 Å². The predicted molar refractivity (Wildman–Crippen MR) is 62.0 cm³/mol. The third-order valence-electron chi connectivity index (χ3n) is 1.52. The predicted octanol–water partition coefficient (Wildman–Crippen LogP) is 2.36. The van der Waals surface area contributed by atoms with Gasteiger partial charge in [-0.15, -0.1) is 17.9 Å². The minimum atomic E-state index is -3.41. The highest BCUT2D eigenvalue weighted by Gasteiger charge is 2.20. The Balaban J connectivity index is 2.98. The zero-order valence-corrected chi connectivity index (χ0v) is 10.7. The maximum Gasteiger partial charge on any atom is 0.251 e. The maximum atomic E-state index is 11.7. The lowest BCUT2D eigenvalue weighted by molar-refractivity contribution is 0.578. The van der Waals surface area contributed by atoms with Crippen LogP contribution in [0.1, 0.15) is 6.92 Å². The molecule has 0 aliphatic heterocycles. The summed E-state index contributed by atoms with van der Waals surface area (Å²) in [7, 11) is -3.41. The highest BCUT2D eigenvalue weighted by Crippen LogP contribution is 2.27. The minimum Gasteiger partial charge on any atom is -0.206 e. The fraction of sp³-hybridized carbons (Fsp3) is 0.250. The first-order chi connectivity index (χ1) is 6.47. The van der Waals surface area contributed by atoms with E-state index in [1.807, 2.05) is 0 Å². The average molecular weight is 296 g/mol. The van der Waals surface area contributed by atoms with Crippen molar-refractivity contribution in [3.05, 3.63) is 28.6 Å². The molecule has 1 unspecified atom stereocenters. The Labute approximate surface area is 96.0 Å². The SMILES string of the molecule is C=CC(C)NS(=O)(=O)c1sccc1Br. The molecule has 0 spiro atoms. The summed E-state index contributed by atoms with van der Waals surface area (Å²) >= 11 is 4.36. The van der Waals surface area contributed by atoms with Gasteiger partial charge in [0.25, 0.3) is 10.0 Å². The lowest BCUT2D eigenvalue weighted by Crippen LogP contribution is -2.30. The van der Waals surface area contributed by atoms with Crippen molar-refractivity contribution >= 4 is 37.3 Å². The van der Waals surface area contributed by atoms with Crippen molar-refractivity contribution in [2.45, 2.75) is 17.2 Å². The molecule has 0 saturated carbocycles. The van der Waals surface area contributed by atoms with Crippen LogP contribution in [0.25, 0.3) is 0 Å². The van der Waals surface area contributed by atoms with Crippen LogP contribution in [0.15, 0.2) is 32.8 Å². The molecule has 0 aliphatic carbocycles. The quantitative estimate of drug-likeness (QED) is 0.867. The van der Waals surface area contributed by atoms with Gasteiger partial charge in [0.15, 0.2) is 0 Å². The van der Waals surface area contributed by atoms with Crippen LogP contribution in [0, 0.1) is 0 Å². The molecule has 1 atom stereocenters. The lowest BCUT2D eigenvalue weighted by atomic mass is 10.4. The Morgan fingerprint density at radius 3 is 2.79 bits per heavy atom. The Hall–Kier alpha value is -0.170. The normalized spacial score (nSPS) is 13.9. The molecule has 0 amide bonds. The van der Waals surface area contributed by atoms with E-state index in [4.69, 9.17) is 0 Å². The number of nitrogens with one attached hydrogen (secondary N) is 1. The number of sulfonamides is 1. The summed E-state index contributed by atoms with van der Waals surface area (Å²) in [4.78, 5) is 0. The van der Waals surface area contributed by atoms with Crippen LogP contribution >= 0.6 is 27.3 Å². The van der Waals surface area contributed by atoms with Crippen LogP contribution in [0.4, 0.5) is 0 Å².